The van der Waals surface area contributed by atoms with Gasteiger partial charge in [0.1, 0.15) is 23.5 Å². The summed E-state index contributed by atoms with van der Waals surface area (Å²) < 4.78 is 11.8. The number of fused-ring (bicyclic) bond motifs is 1. The lowest BCUT2D eigenvalue weighted by atomic mass is 9.84. The molecule has 1 aliphatic heterocycles. The Morgan fingerprint density at radius 3 is 2.27 bits per heavy atom. The zero-order chi connectivity index (χ0) is 28.8. The molecule has 1 fully saturated rings. The molecule has 0 radical (unpaired) electrons. The molecule has 7 nitrogen and oxygen atoms in total. The van der Waals surface area contributed by atoms with Crippen LogP contribution in [0.4, 0.5) is 4.79 Å². The molecule has 1 heterocycles. The van der Waals surface area contributed by atoms with Crippen molar-refractivity contribution in [3.63, 3.8) is 0 Å². The van der Waals surface area contributed by atoms with Gasteiger partial charge in [-0.15, -0.1) is 0 Å². The van der Waals surface area contributed by atoms with Crippen LogP contribution >= 0.6 is 0 Å². The van der Waals surface area contributed by atoms with Crippen molar-refractivity contribution >= 4 is 22.8 Å². The number of rotatable bonds is 12. The minimum Gasteiger partial charge on any atom is -0.494 e. The smallest absolute Gasteiger partial charge is 0.320 e. The number of amides is 2. The number of hydrogen-bond acceptors (Lipinski definition) is 4. The van der Waals surface area contributed by atoms with Crippen LogP contribution in [0.3, 0.4) is 0 Å². The number of para-hydroxylation sites is 1. The average Bonchev–Trinajstić information content (AvgIpc) is 3.25. The molecule has 212 valence electrons. The first kappa shape index (κ1) is 28.0. The Morgan fingerprint density at radius 1 is 0.878 bits per heavy atom. The molecular formula is C34H36N2O5. The third-order valence-electron chi connectivity index (χ3n) is 7.79. The second-order valence-corrected chi connectivity index (χ2v) is 11.0. The maximum Gasteiger partial charge on any atom is 0.320 e. The number of nitrogens with zero attached hydrogens (tertiary/aromatic N) is 2. The molecule has 0 spiro atoms. The van der Waals surface area contributed by atoms with Crippen molar-refractivity contribution in [2.24, 2.45) is 5.41 Å². The Hall–Kier alpha value is -4.52. The first-order valence-corrected chi connectivity index (χ1v) is 13.9. The zero-order valence-corrected chi connectivity index (χ0v) is 23.5. The molecule has 7 heteroatoms. The highest BCUT2D eigenvalue weighted by molar-refractivity contribution is 5.83. The summed E-state index contributed by atoms with van der Waals surface area (Å²) in [6.07, 6.45) is 1.05. The van der Waals surface area contributed by atoms with Gasteiger partial charge in [0.05, 0.1) is 12.6 Å². The van der Waals surface area contributed by atoms with Gasteiger partial charge in [0.25, 0.3) is 0 Å². The van der Waals surface area contributed by atoms with Gasteiger partial charge in [0, 0.05) is 26.6 Å². The quantitative estimate of drug-likeness (QED) is 0.225. The molecule has 1 N–H and O–H groups in total. The van der Waals surface area contributed by atoms with Crippen LogP contribution in [0.5, 0.6) is 11.5 Å². The van der Waals surface area contributed by atoms with Gasteiger partial charge in [-0.25, -0.2) is 4.79 Å². The van der Waals surface area contributed by atoms with Gasteiger partial charge >= 0.3 is 12.0 Å². The van der Waals surface area contributed by atoms with E-state index in [2.05, 4.69) is 30.3 Å². The summed E-state index contributed by atoms with van der Waals surface area (Å²) in [6, 6.07) is 31.5. The van der Waals surface area contributed by atoms with Crippen LogP contribution in [-0.2, 0) is 17.8 Å². The molecule has 0 bridgehead atoms. The molecule has 1 saturated heterocycles. The number of carboxylic acid groups (broad SMARTS) is 1. The topological polar surface area (TPSA) is 79.3 Å². The van der Waals surface area contributed by atoms with Crippen LogP contribution in [-0.4, -0.2) is 59.8 Å². The summed E-state index contributed by atoms with van der Waals surface area (Å²) in [7, 11) is 1.85. The van der Waals surface area contributed by atoms with Crippen molar-refractivity contribution < 1.29 is 24.2 Å². The van der Waals surface area contributed by atoms with E-state index in [1.165, 1.54) is 10.8 Å². The van der Waals surface area contributed by atoms with E-state index in [4.69, 9.17) is 9.47 Å². The molecule has 41 heavy (non-hydrogen) atoms. The second-order valence-electron chi connectivity index (χ2n) is 11.0. The summed E-state index contributed by atoms with van der Waals surface area (Å²) >= 11 is 0. The van der Waals surface area contributed by atoms with Crippen molar-refractivity contribution in [1.29, 1.82) is 0 Å². The van der Waals surface area contributed by atoms with E-state index in [0.29, 0.717) is 44.0 Å². The molecule has 1 aliphatic rings. The predicted molar refractivity (Wildman–Crippen MR) is 159 cm³/mol. The van der Waals surface area contributed by atoms with Gasteiger partial charge in [-0.3, -0.25) is 4.79 Å². The van der Waals surface area contributed by atoms with E-state index < -0.39 is 11.4 Å². The number of carbonyl (C=O) groups excluding carboxylic acids is 1. The van der Waals surface area contributed by atoms with Crippen molar-refractivity contribution in [3.8, 4) is 11.5 Å². The number of aliphatic carboxylic acids is 1. The Labute approximate surface area is 240 Å². The van der Waals surface area contributed by atoms with E-state index in [-0.39, 0.29) is 18.7 Å². The van der Waals surface area contributed by atoms with Crippen LogP contribution in [0.2, 0.25) is 0 Å². The number of ether oxygens (including phenoxy) is 2. The number of urea groups is 1. The third kappa shape index (κ3) is 6.80. The molecule has 5 rings (SSSR count). The Balaban J connectivity index is 1.11. The normalized spacial score (nSPS) is 16.5. The van der Waals surface area contributed by atoms with Crippen LogP contribution in [0.25, 0.3) is 10.8 Å². The van der Waals surface area contributed by atoms with Crippen LogP contribution in [0.1, 0.15) is 24.5 Å². The monoisotopic (exact) mass is 552 g/mol. The number of hydrogen-bond donors (Lipinski definition) is 1. The number of benzene rings is 4. The molecule has 2 amide bonds. The van der Waals surface area contributed by atoms with E-state index in [1.807, 2.05) is 78.7 Å². The summed E-state index contributed by atoms with van der Waals surface area (Å²) in [5, 5.41) is 12.3. The molecule has 0 saturated carbocycles. The zero-order valence-electron chi connectivity index (χ0n) is 23.5. The van der Waals surface area contributed by atoms with E-state index >= 15 is 0 Å². The van der Waals surface area contributed by atoms with E-state index in [0.717, 1.165) is 11.1 Å². The maximum absolute atomic E-state index is 12.9. The SMILES string of the molecule is CN1C(=O)N(Cc2ccc3ccccc3c2)CC1CCOc1ccc(CC(C)(COc2ccccc2)C(=O)O)cc1. The van der Waals surface area contributed by atoms with Crippen LogP contribution < -0.4 is 9.47 Å². The summed E-state index contributed by atoms with van der Waals surface area (Å²) in [5.74, 6) is 0.458. The number of likely N-dealkylation sites (N-methyl/N-ethyl adjacent to an activating group) is 1. The highest BCUT2D eigenvalue weighted by Crippen LogP contribution is 2.27. The molecule has 0 aliphatic carbocycles. The molecule has 2 atom stereocenters. The second kappa shape index (κ2) is 12.3. The fraction of sp³-hybridized carbons (Fsp3) is 0.294. The lowest BCUT2D eigenvalue weighted by Crippen LogP contribution is -2.36. The maximum atomic E-state index is 12.9. The molecule has 4 aromatic carbocycles. The van der Waals surface area contributed by atoms with E-state index in [9.17, 15) is 14.7 Å². The average molecular weight is 553 g/mol. The lowest BCUT2D eigenvalue weighted by molar-refractivity contribution is -0.149. The van der Waals surface area contributed by atoms with Crippen molar-refractivity contribution in [2.45, 2.75) is 32.4 Å². The first-order chi connectivity index (χ1) is 19.8. The number of carboxylic acids is 1. The first-order valence-electron chi connectivity index (χ1n) is 13.9. The summed E-state index contributed by atoms with van der Waals surface area (Å²) in [6.45, 7) is 3.48. The third-order valence-corrected chi connectivity index (χ3v) is 7.79. The van der Waals surface area contributed by atoms with Gasteiger partial charge < -0.3 is 24.4 Å². The molecular weight excluding hydrogens is 516 g/mol. The highest BCUT2D eigenvalue weighted by Gasteiger charge is 2.35. The minimum atomic E-state index is -1.07. The van der Waals surface area contributed by atoms with Gasteiger partial charge in [-0.05, 0) is 65.6 Å². The molecule has 2 unspecified atom stereocenters. The van der Waals surface area contributed by atoms with Gasteiger partial charge in [-0.1, -0.05) is 66.7 Å². The van der Waals surface area contributed by atoms with Crippen LogP contribution in [0, 0.1) is 5.41 Å². The van der Waals surface area contributed by atoms with Gasteiger partial charge in [0.15, 0.2) is 0 Å². The Kier molecular flexibility index (Phi) is 8.43. The largest absolute Gasteiger partial charge is 0.494 e. The fourth-order valence-electron chi connectivity index (χ4n) is 5.22. The fourth-order valence-corrected chi connectivity index (χ4v) is 5.22. The summed E-state index contributed by atoms with van der Waals surface area (Å²) in [4.78, 5) is 28.7. The van der Waals surface area contributed by atoms with Crippen molar-refractivity contribution in [3.05, 3.63) is 108 Å². The Bertz CT molecular complexity index is 1490. The van der Waals surface area contributed by atoms with Gasteiger partial charge in [0.2, 0.25) is 0 Å². The predicted octanol–water partition coefficient (Wildman–Crippen LogP) is 6.26. The minimum absolute atomic E-state index is 0.0326. The number of carbonyl (C=O) groups is 2. The highest BCUT2D eigenvalue weighted by atomic mass is 16.5. The Morgan fingerprint density at radius 2 is 1.54 bits per heavy atom. The van der Waals surface area contributed by atoms with E-state index in [1.54, 1.807) is 11.8 Å². The molecule has 4 aromatic rings. The standard InChI is InChI=1S/C34H36N2O5/c1-34(32(37)38,24-41-30-10-4-3-5-11-30)21-25-13-16-31(17-14-25)40-19-18-29-23-36(33(39)35(29)2)22-26-12-15-27-8-6-7-9-28(27)20-26/h3-17,20,29H,18-19,21-24H2,1-2H3,(H,37,38). The lowest BCUT2D eigenvalue weighted by Gasteiger charge is -2.25. The van der Waals surface area contributed by atoms with Crippen molar-refractivity contribution in [2.75, 3.05) is 26.8 Å². The van der Waals surface area contributed by atoms with Crippen molar-refractivity contribution in [1.82, 2.24) is 9.80 Å². The van der Waals surface area contributed by atoms with Crippen LogP contribution in [0.15, 0.2) is 97.1 Å². The van der Waals surface area contributed by atoms with Gasteiger partial charge in [-0.2, -0.15) is 0 Å². The molecule has 0 aromatic heterocycles. The summed E-state index contributed by atoms with van der Waals surface area (Å²) in [5.41, 5.74) is 0.939.